The van der Waals surface area contributed by atoms with Crippen LogP contribution in [0.3, 0.4) is 0 Å². The molecule has 2 atom stereocenters. The van der Waals surface area contributed by atoms with Gasteiger partial charge in [-0.05, 0) is 17.9 Å². The third kappa shape index (κ3) is 22.4. The van der Waals surface area contributed by atoms with Crippen LogP contribution in [0.4, 0.5) is 9.59 Å². The molecule has 0 aliphatic rings. The Morgan fingerprint density at radius 2 is 1.22 bits per heavy atom. The van der Waals surface area contributed by atoms with Crippen molar-refractivity contribution in [3.8, 4) is 0 Å². The van der Waals surface area contributed by atoms with Crippen molar-refractivity contribution < 1.29 is 38.1 Å². The van der Waals surface area contributed by atoms with E-state index in [1.54, 1.807) is 13.8 Å². The van der Waals surface area contributed by atoms with E-state index in [1.165, 1.54) is 77.0 Å². The topological polar surface area (TPSA) is 117 Å². The summed E-state index contributed by atoms with van der Waals surface area (Å²) >= 11 is 5.36. The molecule has 0 aromatic heterocycles. The summed E-state index contributed by atoms with van der Waals surface area (Å²) in [5.74, 6) is -1.49. The fourth-order valence-corrected chi connectivity index (χ4v) is 4.93. The quantitative estimate of drug-likeness (QED) is 0.0455. The first-order chi connectivity index (χ1) is 21.7. The molecule has 0 bridgehead atoms. The molecule has 1 rings (SSSR count). The Morgan fingerprint density at radius 3 is 1.73 bits per heavy atom. The summed E-state index contributed by atoms with van der Waals surface area (Å²) < 4.78 is 20.7. The fraction of sp³-hybridized carbons (Fsp3) is 0.714. The second-order valence-corrected chi connectivity index (χ2v) is 12.2. The molecule has 0 spiro atoms. The van der Waals surface area contributed by atoms with Crippen LogP contribution in [0.25, 0.3) is 0 Å². The number of carbonyl (C=O) groups excluding carboxylic acids is 4. The van der Waals surface area contributed by atoms with Crippen LogP contribution in [-0.2, 0) is 35.1 Å². The van der Waals surface area contributed by atoms with E-state index in [-0.39, 0.29) is 25.6 Å². The van der Waals surface area contributed by atoms with Gasteiger partial charge in [-0.25, -0.2) is 14.4 Å². The van der Waals surface area contributed by atoms with Crippen molar-refractivity contribution in [3.05, 3.63) is 35.9 Å². The third-order valence-corrected chi connectivity index (χ3v) is 7.58. The van der Waals surface area contributed by atoms with Crippen molar-refractivity contribution >= 4 is 35.1 Å². The van der Waals surface area contributed by atoms with Gasteiger partial charge in [-0.1, -0.05) is 141 Å². The van der Waals surface area contributed by atoms with E-state index in [1.807, 2.05) is 30.3 Å². The SMILES string of the molecule is CCCCCCCCCCCCCCCCCC(=O)OCC(COC(=O)[C@@H](NC(=O)OCc1ccccc1)C(C)C)OC(=O)Cl. The molecule has 10 heteroatoms. The van der Waals surface area contributed by atoms with Gasteiger partial charge in [-0.2, -0.15) is 0 Å². The molecule has 0 saturated heterocycles. The molecular weight excluding hydrogens is 598 g/mol. The lowest BCUT2D eigenvalue weighted by Crippen LogP contribution is -2.46. The van der Waals surface area contributed by atoms with Crippen LogP contribution >= 0.6 is 11.6 Å². The highest BCUT2D eigenvalue weighted by Crippen LogP contribution is 2.14. The molecule has 45 heavy (non-hydrogen) atoms. The minimum absolute atomic E-state index is 0.0467. The van der Waals surface area contributed by atoms with Crippen molar-refractivity contribution in [2.75, 3.05) is 13.2 Å². The Balaban J connectivity index is 2.23. The highest BCUT2D eigenvalue weighted by molar-refractivity contribution is 6.61. The van der Waals surface area contributed by atoms with Crippen LogP contribution in [0.1, 0.15) is 129 Å². The van der Waals surface area contributed by atoms with Crippen molar-refractivity contribution in [2.45, 2.75) is 142 Å². The van der Waals surface area contributed by atoms with Crippen LogP contribution in [0.5, 0.6) is 0 Å². The smallest absolute Gasteiger partial charge is 0.408 e. The molecule has 1 unspecified atom stereocenters. The molecule has 1 N–H and O–H groups in total. The Kier molecular flexibility index (Phi) is 23.6. The van der Waals surface area contributed by atoms with Gasteiger partial charge in [0, 0.05) is 18.0 Å². The second-order valence-electron chi connectivity index (χ2n) is 11.9. The number of nitrogens with one attached hydrogen (secondary N) is 1. The van der Waals surface area contributed by atoms with E-state index in [0.29, 0.717) is 6.42 Å². The van der Waals surface area contributed by atoms with Crippen LogP contribution in [0.2, 0.25) is 0 Å². The van der Waals surface area contributed by atoms with Crippen LogP contribution in [0.15, 0.2) is 30.3 Å². The number of esters is 2. The number of carbonyl (C=O) groups is 4. The zero-order valence-corrected chi connectivity index (χ0v) is 28.5. The summed E-state index contributed by atoms with van der Waals surface area (Å²) in [5, 5.41) is 2.51. The lowest BCUT2D eigenvalue weighted by molar-refractivity contribution is -0.154. The fourth-order valence-electron chi connectivity index (χ4n) is 4.80. The molecular formula is C35H56ClNO8. The van der Waals surface area contributed by atoms with Gasteiger partial charge in [0.05, 0.1) is 0 Å². The van der Waals surface area contributed by atoms with E-state index in [2.05, 4.69) is 12.2 Å². The first-order valence-corrected chi connectivity index (χ1v) is 17.3. The molecule has 0 aliphatic heterocycles. The normalized spacial score (nSPS) is 12.3. The average Bonchev–Trinajstić information content (AvgIpc) is 3.02. The zero-order chi connectivity index (χ0) is 33.1. The van der Waals surface area contributed by atoms with Gasteiger partial charge in [-0.15, -0.1) is 0 Å². The minimum atomic E-state index is -1.11. The van der Waals surface area contributed by atoms with Crippen molar-refractivity contribution in [3.63, 3.8) is 0 Å². The molecule has 9 nitrogen and oxygen atoms in total. The minimum Gasteiger partial charge on any atom is -0.462 e. The summed E-state index contributed by atoms with van der Waals surface area (Å²) in [6.45, 7) is 5.07. The molecule has 256 valence electrons. The Morgan fingerprint density at radius 1 is 0.711 bits per heavy atom. The van der Waals surface area contributed by atoms with Crippen molar-refractivity contribution in [1.29, 1.82) is 0 Å². The zero-order valence-electron chi connectivity index (χ0n) is 27.7. The van der Waals surface area contributed by atoms with Gasteiger partial charge in [0.25, 0.3) is 0 Å². The van der Waals surface area contributed by atoms with Gasteiger partial charge < -0.3 is 24.3 Å². The molecule has 0 heterocycles. The lowest BCUT2D eigenvalue weighted by Gasteiger charge is -2.22. The third-order valence-electron chi connectivity index (χ3n) is 7.49. The molecule has 1 aromatic rings. The molecule has 0 radical (unpaired) electrons. The van der Waals surface area contributed by atoms with Crippen LogP contribution < -0.4 is 5.32 Å². The standard InChI is InChI=1S/C35H56ClNO8/c1-4-5-6-7-8-9-10-11-12-13-14-15-16-17-21-24-31(38)42-26-30(45-34(36)40)27-43-33(39)32(28(2)3)37-35(41)44-25-29-22-19-18-20-23-29/h18-20,22-23,28,30,32H,4-17,21,24-27H2,1-3H3,(H,37,41)/t30?,32-/m0/s1. The number of alkyl carbamates (subject to hydrolysis) is 1. The van der Waals surface area contributed by atoms with Gasteiger partial charge >= 0.3 is 23.5 Å². The van der Waals surface area contributed by atoms with Gasteiger partial charge in [0.1, 0.15) is 25.9 Å². The highest BCUT2D eigenvalue weighted by atomic mass is 35.5. The summed E-state index contributed by atoms with van der Waals surface area (Å²) in [6.07, 6.45) is 17.0. The monoisotopic (exact) mass is 653 g/mol. The second kappa shape index (κ2) is 26.4. The van der Waals surface area contributed by atoms with E-state index >= 15 is 0 Å². The highest BCUT2D eigenvalue weighted by Gasteiger charge is 2.28. The summed E-state index contributed by atoms with van der Waals surface area (Å²) in [4.78, 5) is 48.5. The number of halogens is 1. The first-order valence-electron chi connectivity index (χ1n) is 16.9. The number of rotatable bonds is 26. The summed E-state index contributed by atoms with van der Waals surface area (Å²) in [5.41, 5.74) is -0.311. The number of ether oxygens (including phenoxy) is 4. The van der Waals surface area contributed by atoms with E-state index < -0.39 is 42.2 Å². The maximum Gasteiger partial charge on any atom is 0.408 e. The van der Waals surface area contributed by atoms with E-state index in [9.17, 15) is 19.2 Å². The summed E-state index contributed by atoms with van der Waals surface area (Å²) in [6, 6.07) is 8.13. The molecule has 0 saturated carbocycles. The van der Waals surface area contributed by atoms with Crippen LogP contribution in [-0.4, -0.2) is 48.8 Å². The first kappa shape index (κ1) is 40.2. The Hall–Kier alpha value is -2.81. The number of hydrogen-bond acceptors (Lipinski definition) is 8. The number of benzene rings is 1. The van der Waals surface area contributed by atoms with Gasteiger partial charge in [-0.3, -0.25) is 4.79 Å². The van der Waals surface area contributed by atoms with Crippen molar-refractivity contribution in [2.24, 2.45) is 5.92 Å². The average molecular weight is 654 g/mol. The van der Waals surface area contributed by atoms with Crippen molar-refractivity contribution in [1.82, 2.24) is 5.32 Å². The van der Waals surface area contributed by atoms with E-state index in [0.717, 1.165) is 18.4 Å². The van der Waals surface area contributed by atoms with E-state index in [4.69, 9.17) is 30.5 Å². The number of unbranched alkanes of at least 4 members (excludes halogenated alkanes) is 14. The van der Waals surface area contributed by atoms with Crippen LogP contribution in [0, 0.1) is 5.92 Å². The predicted octanol–water partition coefficient (Wildman–Crippen LogP) is 9.03. The molecule has 1 amide bonds. The number of amides is 1. The Labute approximate surface area is 275 Å². The van der Waals surface area contributed by atoms with Gasteiger partial charge in [0.2, 0.25) is 0 Å². The maximum absolute atomic E-state index is 12.7. The Bertz CT molecular complexity index is 943. The molecule has 0 fully saturated rings. The largest absolute Gasteiger partial charge is 0.462 e. The van der Waals surface area contributed by atoms with Gasteiger partial charge in [0.15, 0.2) is 6.10 Å². The predicted molar refractivity (Wildman–Crippen MR) is 176 cm³/mol. The number of hydrogen-bond donors (Lipinski definition) is 1. The maximum atomic E-state index is 12.7. The molecule has 1 aromatic carbocycles. The molecule has 0 aliphatic carbocycles. The summed E-state index contributed by atoms with van der Waals surface area (Å²) in [7, 11) is 0. The lowest BCUT2D eigenvalue weighted by atomic mass is 10.0.